The minimum Gasteiger partial charge on any atom is -0.341 e. The first kappa shape index (κ1) is 17.7. The molecule has 3 aromatic rings. The number of carbonyl (C=O) groups is 1. The molecular formula is C16H15N5O4S. The predicted octanol–water partition coefficient (Wildman–Crippen LogP) is 1.27. The van der Waals surface area contributed by atoms with Crippen molar-refractivity contribution in [3.63, 3.8) is 0 Å². The molecular weight excluding hydrogens is 358 g/mol. The SMILES string of the molecule is CC(NC(=O)c1ccc(S(N)(=O)=O)cc1)c1nc(-c2ccncc2)no1. The highest BCUT2D eigenvalue weighted by Crippen LogP contribution is 2.18. The number of aromatic nitrogens is 3. The molecule has 1 atom stereocenters. The first-order valence-electron chi connectivity index (χ1n) is 7.52. The van der Waals surface area contributed by atoms with E-state index in [-0.39, 0.29) is 16.3 Å². The zero-order chi connectivity index (χ0) is 18.7. The average molecular weight is 373 g/mol. The molecule has 9 nitrogen and oxygen atoms in total. The smallest absolute Gasteiger partial charge is 0.251 e. The molecule has 3 rings (SSSR count). The Labute approximate surface area is 149 Å². The van der Waals surface area contributed by atoms with Crippen LogP contribution in [0.25, 0.3) is 11.4 Å². The van der Waals surface area contributed by atoms with Crippen LogP contribution in [0.15, 0.2) is 58.2 Å². The Morgan fingerprint density at radius 3 is 2.42 bits per heavy atom. The zero-order valence-corrected chi connectivity index (χ0v) is 14.5. The lowest BCUT2D eigenvalue weighted by atomic mass is 10.2. The molecule has 0 fully saturated rings. The normalized spacial score (nSPS) is 12.5. The van der Waals surface area contributed by atoms with Gasteiger partial charge in [0.25, 0.3) is 5.91 Å². The number of primary sulfonamides is 1. The average Bonchev–Trinajstić information content (AvgIpc) is 3.12. The van der Waals surface area contributed by atoms with Gasteiger partial charge in [0.05, 0.1) is 4.90 Å². The summed E-state index contributed by atoms with van der Waals surface area (Å²) in [5.74, 6) is 0.217. The first-order chi connectivity index (χ1) is 12.3. The quantitative estimate of drug-likeness (QED) is 0.686. The molecule has 0 bridgehead atoms. The topological polar surface area (TPSA) is 141 Å². The van der Waals surface area contributed by atoms with Crippen LogP contribution >= 0.6 is 0 Å². The van der Waals surface area contributed by atoms with E-state index in [2.05, 4.69) is 20.4 Å². The number of nitrogens with one attached hydrogen (secondary N) is 1. The van der Waals surface area contributed by atoms with Gasteiger partial charge < -0.3 is 9.84 Å². The Morgan fingerprint density at radius 2 is 1.81 bits per heavy atom. The van der Waals surface area contributed by atoms with Gasteiger partial charge in [-0.2, -0.15) is 4.98 Å². The van der Waals surface area contributed by atoms with E-state index in [1.54, 1.807) is 31.5 Å². The van der Waals surface area contributed by atoms with Crippen molar-refractivity contribution in [2.24, 2.45) is 5.14 Å². The van der Waals surface area contributed by atoms with Crippen molar-refractivity contribution in [3.8, 4) is 11.4 Å². The van der Waals surface area contributed by atoms with E-state index in [4.69, 9.17) is 9.66 Å². The zero-order valence-electron chi connectivity index (χ0n) is 13.7. The fraction of sp³-hybridized carbons (Fsp3) is 0.125. The number of benzene rings is 1. The van der Waals surface area contributed by atoms with Crippen LogP contribution in [0.1, 0.15) is 29.2 Å². The molecule has 0 radical (unpaired) electrons. The second kappa shape index (κ2) is 7.02. The lowest BCUT2D eigenvalue weighted by molar-refractivity contribution is 0.0932. The Bertz CT molecular complexity index is 1020. The Hall–Kier alpha value is -3.11. The number of sulfonamides is 1. The van der Waals surface area contributed by atoms with Crippen LogP contribution in [0.5, 0.6) is 0 Å². The second-order valence-electron chi connectivity index (χ2n) is 5.46. The Balaban J connectivity index is 1.71. The number of hydrogen-bond acceptors (Lipinski definition) is 7. The van der Waals surface area contributed by atoms with E-state index < -0.39 is 22.0 Å². The monoisotopic (exact) mass is 373 g/mol. The van der Waals surface area contributed by atoms with Crippen LogP contribution in [-0.2, 0) is 10.0 Å². The van der Waals surface area contributed by atoms with E-state index >= 15 is 0 Å². The number of amides is 1. The molecule has 1 aromatic carbocycles. The molecule has 134 valence electrons. The third kappa shape index (κ3) is 3.92. The van der Waals surface area contributed by atoms with Gasteiger partial charge in [0, 0.05) is 23.5 Å². The van der Waals surface area contributed by atoms with Crippen molar-refractivity contribution >= 4 is 15.9 Å². The molecule has 1 unspecified atom stereocenters. The van der Waals surface area contributed by atoms with Gasteiger partial charge in [0.2, 0.25) is 21.7 Å². The summed E-state index contributed by atoms with van der Waals surface area (Å²) < 4.78 is 27.7. The van der Waals surface area contributed by atoms with E-state index in [1.807, 2.05) is 0 Å². The van der Waals surface area contributed by atoms with Gasteiger partial charge >= 0.3 is 0 Å². The van der Waals surface area contributed by atoms with E-state index in [9.17, 15) is 13.2 Å². The maximum atomic E-state index is 12.3. The molecule has 2 aromatic heterocycles. The number of rotatable bonds is 5. The lowest BCUT2D eigenvalue weighted by Gasteiger charge is -2.10. The Kier molecular flexibility index (Phi) is 4.78. The van der Waals surface area contributed by atoms with E-state index in [0.29, 0.717) is 5.82 Å². The minimum atomic E-state index is -3.80. The molecule has 2 heterocycles. The number of pyridine rings is 1. The highest BCUT2D eigenvalue weighted by Gasteiger charge is 2.18. The number of carbonyl (C=O) groups excluding carboxylic acids is 1. The van der Waals surface area contributed by atoms with Gasteiger partial charge in [0.1, 0.15) is 6.04 Å². The fourth-order valence-corrected chi connectivity index (χ4v) is 2.68. The standard InChI is InChI=1S/C16H15N5O4S/c1-10(16-20-14(21-25-16)11-6-8-18-9-7-11)19-15(22)12-2-4-13(5-3-12)26(17,23)24/h2-10H,1H3,(H,19,22)(H2,17,23,24). The maximum Gasteiger partial charge on any atom is 0.251 e. The molecule has 0 saturated heterocycles. The molecule has 0 aliphatic rings. The highest BCUT2D eigenvalue weighted by molar-refractivity contribution is 7.89. The largest absolute Gasteiger partial charge is 0.341 e. The summed E-state index contributed by atoms with van der Waals surface area (Å²) in [5.41, 5.74) is 1.02. The van der Waals surface area contributed by atoms with Gasteiger partial charge in [-0.15, -0.1) is 0 Å². The molecule has 0 aliphatic carbocycles. The molecule has 0 aliphatic heterocycles. The molecule has 1 amide bonds. The minimum absolute atomic E-state index is 0.0685. The van der Waals surface area contributed by atoms with Gasteiger partial charge in [-0.1, -0.05) is 5.16 Å². The van der Waals surface area contributed by atoms with Gasteiger partial charge in [-0.05, 0) is 43.3 Å². The van der Waals surface area contributed by atoms with Crippen molar-refractivity contribution in [1.82, 2.24) is 20.4 Å². The molecule has 0 spiro atoms. The van der Waals surface area contributed by atoms with Crippen LogP contribution < -0.4 is 10.5 Å². The lowest BCUT2D eigenvalue weighted by Crippen LogP contribution is -2.27. The molecule has 0 saturated carbocycles. The summed E-state index contributed by atoms with van der Waals surface area (Å²) in [4.78, 5) is 20.4. The highest BCUT2D eigenvalue weighted by atomic mass is 32.2. The Morgan fingerprint density at radius 1 is 1.15 bits per heavy atom. The summed E-state index contributed by atoms with van der Waals surface area (Å²) in [6, 6.07) is 8.22. The number of nitrogens with two attached hydrogens (primary N) is 1. The van der Waals surface area contributed by atoms with Gasteiger partial charge in [-0.3, -0.25) is 9.78 Å². The fourth-order valence-electron chi connectivity index (χ4n) is 2.17. The molecule has 10 heteroatoms. The summed E-state index contributed by atoms with van der Waals surface area (Å²) >= 11 is 0. The maximum absolute atomic E-state index is 12.3. The van der Waals surface area contributed by atoms with Crippen molar-refractivity contribution < 1.29 is 17.7 Å². The second-order valence-corrected chi connectivity index (χ2v) is 7.02. The van der Waals surface area contributed by atoms with Gasteiger partial charge in [0.15, 0.2) is 0 Å². The van der Waals surface area contributed by atoms with Crippen LogP contribution in [-0.4, -0.2) is 29.4 Å². The molecule has 3 N–H and O–H groups in total. The van der Waals surface area contributed by atoms with Crippen molar-refractivity contribution in [2.45, 2.75) is 17.9 Å². The van der Waals surface area contributed by atoms with Crippen molar-refractivity contribution in [1.29, 1.82) is 0 Å². The van der Waals surface area contributed by atoms with E-state index in [1.165, 1.54) is 24.3 Å². The van der Waals surface area contributed by atoms with Crippen LogP contribution in [0.2, 0.25) is 0 Å². The summed E-state index contributed by atoms with van der Waals surface area (Å²) in [5, 5.41) is 11.6. The van der Waals surface area contributed by atoms with Crippen molar-refractivity contribution in [3.05, 3.63) is 60.2 Å². The van der Waals surface area contributed by atoms with Crippen LogP contribution in [0.3, 0.4) is 0 Å². The third-order valence-electron chi connectivity index (χ3n) is 3.54. The van der Waals surface area contributed by atoms with Crippen LogP contribution in [0, 0.1) is 0 Å². The summed E-state index contributed by atoms with van der Waals surface area (Å²) in [6.07, 6.45) is 3.23. The van der Waals surface area contributed by atoms with Gasteiger partial charge in [-0.25, -0.2) is 13.6 Å². The first-order valence-corrected chi connectivity index (χ1v) is 9.07. The predicted molar refractivity (Wildman–Crippen MR) is 91.2 cm³/mol. The number of hydrogen-bond donors (Lipinski definition) is 2. The number of nitrogens with zero attached hydrogens (tertiary/aromatic N) is 3. The van der Waals surface area contributed by atoms with Crippen molar-refractivity contribution in [2.75, 3.05) is 0 Å². The van der Waals surface area contributed by atoms with Crippen LogP contribution in [0.4, 0.5) is 0 Å². The summed E-state index contributed by atoms with van der Waals surface area (Å²) in [6.45, 7) is 1.69. The third-order valence-corrected chi connectivity index (χ3v) is 4.47. The van der Waals surface area contributed by atoms with E-state index in [0.717, 1.165) is 5.56 Å². The summed E-state index contributed by atoms with van der Waals surface area (Å²) in [7, 11) is -3.80. The molecule has 26 heavy (non-hydrogen) atoms.